The van der Waals surface area contributed by atoms with Gasteiger partial charge in [0.25, 0.3) is 0 Å². The summed E-state index contributed by atoms with van der Waals surface area (Å²) in [6.07, 6.45) is -4.33. The minimum absolute atomic E-state index is 0.550. The van der Waals surface area contributed by atoms with Gasteiger partial charge in [-0.3, -0.25) is 0 Å². The van der Waals surface area contributed by atoms with Gasteiger partial charge in [0.2, 0.25) is 0 Å². The van der Waals surface area contributed by atoms with Crippen LogP contribution in [0.5, 0.6) is 0 Å². The molecule has 0 atom stereocenters. The lowest BCUT2D eigenvalue weighted by atomic mass is 10.0. The van der Waals surface area contributed by atoms with Crippen LogP contribution >= 0.6 is 0 Å². The molecule has 0 aliphatic heterocycles. The normalized spacial score (nSPS) is 11.9. The Morgan fingerprint density at radius 1 is 0.909 bits per heavy atom. The standard InChI is InChI=1S/C16H17F3O2Si/c1-20-22(21-2)11-12-6-8-13(9-7-12)14-4-3-5-15(10-14)16(17,18)19/h3-10,22H,11H2,1-2H3. The molecule has 0 aromatic heterocycles. The van der Waals surface area contributed by atoms with Crippen LogP contribution in [0.1, 0.15) is 11.1 Å². The quantitative estimate of drug-likeness (QED) is 0.774. The molecular formula is C16H17F3O2Si. The first-order valence-electron chi connectivity index (χ1n) is 6.76. The highest BCUT2D eigenvalue weighted by atomic mass is 28.3. The number of alkyl halides is 3. The zero-order valence-corrected chi connectivity index (χ0v) is 13.5. The number of hydrogen-bond donors (Lipinski definition) is 0. The lowest BCUT2D eigenvalue weighted by Gasteiger charge is -2.12. The maximum atomic E-state index is 12.7. The Hall–Kier alpha value is -1.63. The fourth-order valence-corrected chi connectivity index (χ4v) is 3.35. The molecule has 0 aliphatic rings. The van der Waals surface area contributed by atoms with Gasteiger partial charge in [-0.05, 0) is 28.8 Å². The smallest absolute Gasteiger partial charge is 0.400 e. The Morgan fingerprint density at radius 2 is 1.55 bits per heavy atom. The van der Waals surface area contributed by atoms with Crippen molar-refractivity contribution in [2.24, 2.45) is 0 Å². The summed E-state index contributed by atoms with van der Waals surface area (Å²) < 4.78 is 48.8. The molecule has 0 aliphatic carbocycles. The van der Waals surface area contributed by atoms with E-state index in [1.807, 2.05) is 24.3 Å². The van der Waals surface area contributed by atoms with Crippen LogP contribution in [-0.2, 0) is 21.1 Å². The minimum atomic E-state index is -4.33. The monoisotopic (exact) mass is 326 g/mol. The van der Waals surface area contributed by atoms with Gasteiger partial charge >= 0.3 is 15.5 Å². The van der Waals surface area contributed by atoms with Gasteiger partial charge in [0.15, 0.2) is 0 Å². The fourth-order valence-electron chi connectivity index (χ4n) is 2.16. The van der Waals surface area contributed by atoms with E-state index in [0.29, 0.717) is 5.56 Å². The van der Waals surface area contributed by atoms with Crippen LogP contribution < -0.4 is 0 Å². The summed E-state index contributed by atoms with van der Waals surface area (Å²) in [5.41, 5.74) is 1.72. The van der Waals surface area contributed by atoms with Crippen LogP contribution in [0.4, 0.5) is 13.2 Å². The molecule has 0 radical (unpaired) electrons. The Balaban J connectivity index is 2.20. The summed E-state index contributed by atoms with van der Waals surface area (Å²) in [4.78, 5) is 0. The van der Waals surface area contributed by atoms with Crippen molar-refractivity contribution in [2.45, 2.75) is 12.2 Å². The highest BCUT2D eigenvalue weighted by molar-refractivity contribution is 6.43. The summed E-state index contributed by atoms with van der Waals surface area (Å²) >= 11 is 0. The van der Waals surface area contributed by atoms with Gasteiger partial charge in [0.05, 0.1) is 5.56 Å². The first-order valence-corrected chi connectivity index (χ1v) is 8.52. The molecule has 0 spiro atoms. The van der Waals surface area contributed by atoms with Crippen molar-refractivity contribution in [3.05, 3.63) is 59.7 Å². The van der Waals surface area contributed by atoms with Gasteiger partial charge < -0.3 is 8.85 Å². The number of hydrogen-bond acceptors (Lipinski definition) is 2. The van der Waals surface area contributed by atoms with E-state index in [-0.39, 0.29) is 0 Å². The van der Waals surface area contributed by atoms with E-state index in [0.717, 1.165) is 29.3 Å². The van der Waals surface area contributed by atoms with Crippen molar-refractivity contribution >= 4 is 9.28 Å². The first-order chi connectivity index (χ1) is 10.4. The Labute approximate surface area is 129 Å². The van der Waals surface area contributed by atoms with Crippen molar-refractivity contribution in [2.75, 3.05) is 14.2 Å². The fraction of sp³-hybridized carbons (Fsp3) is 0.250. The molecule has 6 heteroatoms. The average molecular weight is 326 g/mol. The summed E-state index contributed by atoms with van der Waals surface area (Å²) in [6, 6.07) is 13.5. The van der Waals surface area contributed by atoms with E-state index in [9.17, 15) is 13.2 Å². The number of benzene rings is 2. The molecule has 0 unspecified atom stereocenters. The van der Waals surface area contributed by atoms with Crippen LogP contribution in [0.3, 0.4) is 0 Å². The third-order valence-corrected chi connectivity index (χ3v) is 5.26. The van der Waals surface area contributed by atoms with Crippen LogP contribution in [0, 0.1) is 0 Å². The van der Waals surface area contributed by atoms with E-state index in [1.165, 1.54) is 6.07 Å². The summed E-state index contributed by atoms with van der Waals surface area (Å²) in [7, 11) is 1.56. The SMILES string of the molecule is CO[SiH](Cc1ccc(-c2cccc(C(F)(F)F)c2)cc1)OC. The molecule has 0 amide bonds. The van der Waals surface area contributed by atoms with Crippen LogP contribution in [0.15, 0.2) is 48.5 Å². The van der Waals surface area contributed by atoms with Crippen molar-refractivity contribution in [3.8, 4) is 11.1 Å². The highest BCUT2D eigenvalue weighted by Gasteiger charge is 2.30. The zero-order valence-electron chi connectivity index (χ0n) is 12.4. The summed E-state index contributed by atoms with van der Waals surface area (Å²) in [5, 5.41) is 0. The van der Waals surface area contributed by atoms with Crippen molar-refractivity contribution in [3.63, 3.8) is 0 Å². The van der Waals surface area contributed by atoms with Gasteiger partial charge in [0, 0.05) is 20.3 Å². The lowest BCUT2D eigenvalue weighted by molar-refractivity contribution is -0.137. The molecule has 0 fully saturated rings. The van der Waals surface area contributed by atoms with Gasteiger partial charge in [-0.15, -0.1) is 0 Å². The Morgan fingerprint density at radius 3 is 2.09 bits per heavy atom. The topological polar surface area (TPSA) is 18.5 Å². The zero-order chi connectivity index (χ0) is 16.2. The van der Waals surface area contributed by atoms with Crippen LogP contribution in [0.2, 0.25) is 0 Å². The molecule has 118 valence electrons. The molecule has 0 N–H and O–H groups in total. The van der Waals surface area contributed by atoms with Gasteiger partial charge in [-0.1, -0.05) is 36.4 Å². The number of halogens is 3. The van der Waals surface area contributed by atoms with E-state index in [2.05, 4.69) is 0 Å². The van der Waals surface area contributed by atoms with E-state index >= 15 is 0 Å². The Kier molecular flexibility index (Phi) is 5.39. The molecule has 0 heterocycles. The second-order valence-electron chi connectivity index (χ2n) is 4.88. The first kappa shape index (κ1) is 16.7. The van der Waals surface area contributed by atoms with E-state index < -0.39 is 21.0 Å². The third kappa shape index (κ3) is 4.19. The third-order valence-electron chi connectivity index (χ3n) is 3.41. The van der Waals surface area contributed by atoms with Crippen molar-refractivity contribution in [1.82, 2.24) is 0 Å². The molecule has 2 aromatic carbocycles. The average Bonchev–Trinajstić information content (AvgIpc) is 2.52. The molecular weight excluding hydrogens is 309 g/mol. The second-order valence-corrected chi connectivity index (χ2v) is 7.09. The molecule has 0 saturated heterocycles. The lowest BCUT2D eigenvalue weighted by Crippen LogP contribution is -2.22. The van der Waals surface area contributed by atoms with Crippen molar-refractivity contribution in [1.29, 1.82) is 0 Å². The van der Waals surface area contributed by atoms with E-state index in [4.69, 9.17) is 8.85 Å². The van der Waals surface area contributed by atoms with Crippen LogP contribution in [-0.4, -0.2) is 23.5 Å². The van der Waals surface area contributed by atoms with Crippen LogP contribution in [0.25, 0.3) is 11.1 Å². The van der Waals surface area contributed by atoms with Crippen molar-refractivity contribution < 1.29 is 22.0 Å². The predicted octanol–water partition coefficient (Wildman–Crippen LogP) is 3.97. The number of rotatable bonds is 5. The second kappa shape index (κ2) is 7.08. The van der Waals surface area contributed by atoms with Gasteiger partial charge in [-0.2, -0.15) is 13.2 Å². The largest absolute Gasteiger partial charge is 0.416 e. The Bertz CT molecular complexity index is 608. The van der Waals surface area contributed by atoms with E-state index in [1.54, 1.807) is 20.3 Å². The molecule has 2 aromatic rings. The minimum Gasteiger partial charge on any atom is -0.400 e. The molecule has 0 saturated carbocycles. The molecule has 2 rings (SSSR count). The molecule has 22 heavy (non-hydrogen) atoms. The van der Waals surface area contributed by atoms with Gasteiger partial charge in [0.1, 0.15) is 0 Å². The molecule has 0 bridgehead atoms. The maximum Gasteiger partial charge on any atom is 0.416 e. The highest BCUT2D eigenvalue weighted by Crippen LogP contribution is 2.32. The summed E-state index contributed by atoms with van der Waals surface area (Å²) in [5.74, 6) is 0. The van der Waals surface area contributed by atoms with Gasteiger partial charge in [-0.25, -0.2) is 0 Å². The molecule has 2 nitrogen and oxygen atoms in total. The predicted molar refractivity (Wildman–Crippen MR) is 81.8 cm³/mol. The maximum absolute atomic E-state index is 12.7. The summed E-state index contributed by atoms with van der Waals surface area (Å²) in [6.45, 7) is 0.